The number of carbonyl (C=O) groups excluding carboxylic acids is 1. The van der Waals surface area contributed by atoms with Crippen LogP contribution in [0.15, 0.2) is 17.0 Å². The zero-order valence-electron chi connectivity index (χ0n) is 12.0. The summed E-state index contributed by atoms with van der Waals surface area (Å²) in [4.78, 5) is 12.0. The molecule has 0 saturated carbocycles. The number of carbonyl (C=O) groups is 1. The van der Waals surface area contributed by atoms with Crippen LogP contribution in [0.2, 0.25) is 0 Å². The highest BCUT2D eigenvalue weighted by molar-refractivity contribution is 7.89. The maximum Gasteiger partial charge on any atom is 0.252 e. The van der Waals surface area contributed by atoms with Gasteiger partial charge in [0.05, 0.1) is 11.4 Å². The lowest BCUT2D eigenvalue weighted by atomic mass is 10.1. The van der Waals surface area contributed by atoms with Crippen molar-refractivity contribution in [3.05, 3.63) is 28.8 Å². The summed E-state index contributed by atoms with van der Waals surface area (Å²) < 4.78 is 25.6. The molecule has 1 N–H and O–H groups in total. The van der Waals surface area contributed by atoms with Crippen molar-refractivity contribution in [2.75, 3.05) is 20.6 Å². The fraction of sp³-hybridized carbons (Fsp3) is 0.357. The Balaban J connectivity index is 3.39. The highest BCUT2D eigenvalue weighted by atomic mass is 32.2. The molecule has 1 amide bonds. The predicted molar refractivity (Wildman–Crippen MR) is 78.0 cm³/mol. The summed E-state index contributed by atoms with van der Waals surface area (Å²) in [5.41, 5.74) is 1.65. The molecule has 0 aliphatic rings. The van der Waals surface area contributed by atoms with Crippen LogP contribution in [0.4, 0.5) is 0 Å². The molecule has 0 fully saturated rings. The van der Waals surface area contributed by atoms with E-state index in [0.29, 0.717) is 5.56 Å². The topological polar surface area (TPSA) is 66.5 Å². The number of aryl methyl sites for hydroxylation is 1. The van der Waals surface area contributed by atoms with Gasteiger partial charge in [-0.25, -0.2) is 12.7 Å². The maximum atomic E-state index is 12.3. The van der Waals surface area contributed by atoms with Crippen LogP contribution in [0.25, 0.3) is 0 Å². The molecule has 1 rings (SSSR count). The number of sulfonamides is 1. The summed E-state index contributed by atoms with van der Waals surface area (Å²) in [7, 11) is -0.686. The van der Waals surface area contributed by atoms with E-state index < -0.39 is 10.0 Å². The Kier molecular flexibility index (Phi) is 4.93. The van der Waals surface area contributed by atoms with Gasteiger partial charge in [0.15, 0.2) is 0 Å². The molecule has 0 unspecified atom stereocenters. The van der Waals surface area contributed by atoms with E-state index in [9.17, 15) is 13.2 Å². The number of benzene rings is 1. The highest BCUT2D eigenvalue weighted by Gasteiger charge is 2.22. The van der Waals surface area contributed by atoms with Crippen molar-refractivity contribution in [1.82, 2.24) is 9.62 Å². The van der Waals surface area contributed by atoms with Gasteiger partial charge in [0.1, 0.15) is 0 Å². The van der Waals surface area contributed by atoms with Crippen LogP contribution in [0.1, 0.15) is 21.5 Å². The van der Waals surface area contributed by atoms with Crippen molar-refractivity contribution in [1.29, 1.82) is 0 Å². The van der Waals surface area contributed by atoms with Gasteiger partial charge in [-0.15, -0.1) is 6.42 Å². The fourth-order valence-corrected chi connectivity index (χ4v) is 2.87. The molecule has 0 atom stereocenters. The first-order valence-corrected chi connectivity index (χ1v) is 7.41. The van der Waals surface area contributed by atoms with Crippen LogP contribution in [0, 0.1) is 26.2 Å². The zero-order chi connectivity index (χ0) is 15.5. The molecule has 0 aliphatic carbocycles. The van der Waals surface area contributed by atoms with Gasteiger partial charge in [-0.3, -0.25) is 4.79 Å². The molecular formula is C14H18N2O3S. The largest absolute Gasteiger partial charge is 0.341 e. The monoisotopic (exact) mass is 294 g/mol. The summed E-state index contributed by atoms with van der Waals surface area (Å²) in [5, 5.41) is 2.52. The van der Waals surface area contributed by atoms with Crippen molar-refractivity contribution in [3.8, 4) is 12.3 Å². The zero-order valence-corrected chi connectivity index (χ0v) is 12.8. The number of amides is 1. The van der Waals surface area contributed by atoms with Crippen LogP contribution in [0.3, 0.4) is 0 Å². The van der Waals surface area contributed by atoms with E-state index in [-0.39, 0.29) is 22.9 Å². The predicted octanol–water partition coefficient (Wildman–Crippen LogP) is 0.917. The third-order valence-corrected chi connectivity index (χ3v) is 4.93. The smallest absolute Gasteiger partial charge is 0.252 e. The Bertz CT molecular complexity index is 670. The minimum absolute atomic E-state index is 0.0987. The fourth-order valence-electron chi connectivity index (χ4n) is 1.66. The summed E-state index contributed by atoms with van der Waals surface area (Å²) in [6.07, 6.45) is 5.08. The molecule has 0 saturated heterocycles. The SMILES string of the molecule is C#CCNC(=O)c1cc(C)c(C)c(S(=O)(=O)N(C)C)c1. The number of nitrogens with one attached hydrogen (secondary N) is 1. The molecule has 1 aromatic rings. The van der Waals surface area contributed by atoms with E-state index >= 15 is 0 Å². The minimum Gasteiger partial charge on any atom is -0.341 e. The Morgan fingerprint density at radius 3 is 2.45 bits per heavy atom. The average molecular weight is 294 g/mol. The molecule has 0 heterocycles. The van der Waals surface area contributed by atoms with Gasteiger partial charge in [-0.2, -0.15) is 0 Å². The van der Waals surface area contributed by atoms with Gasteiger partial charge in [0.2, 0.25) is 10.0 Å². The molecule has 0 radical (unpaired) electrons. The van der Waals surface area contributed by atoms with E-state index in [1.165, 1.54) is 20.2 Å². The van der Waals surface area contributed by atoms with E-state index in [4.69, 9.17) is 6.42 Å². The van der Waals surface area contributed by atoms with Gasteiger partial charge >= 0.3 is 0 Å². The first-order chi connectivity index (χ1) is 9.21. The number of hydrogen-bond acceptors (Lipinski definition) is 3. The summed E-state index contributed by atoms with van der Waals surface area (Å²) >= 11 is 0. The highest BCUT2D eigenvalue weighted by Crippen LogP contribution is 2.23. The lowest BCUT2D eigenvalue weighted by Crippen LogP contribution is -2.26. The van der Waals surface area contributed by atoms with Crippen LogP contribution in [0.5, 0.6) is 0 Å². The number of terminal acetylenes is 1. The van der Waals surface area contributed by atoms with E-state index in [1.54, 1.807) is 19.9 Å². The molecule has 6 heteroatoms. The number of hydrogen-bond donors (Lipinski definition) is 1. The van der Waals surface area contributed by atoms with E-state index in [2.05, 4.69) is 11.2 Å². The summed E-state index contributed by atoms with van der Waals surface area (Å²) in [5.74, 6) is 1.91. The summed E-state index contributed by atoms with van der Waals surface area (Å²) in [6.45, 7) is 3.58. The molecule has 0 bridgehead atoms. The van der Waals surface area contributed by atoms with Gasteiger partial charge in [-0.05, 0) is 37.1 Å². The minimum atomic E-state index is -3.59. The number of rotatable bonds is 4. The summed E-state index contributed by atoms with van der Waals surface area (Å²) in [6, 6.07) is 3.03. The van der Waals surface area contributed by atoms with Crippen molar-refractivity contribution in [3.63, 3.8) is 0 Å². The molecule has 0 spiro atoms. The third kappa shape index (κ3) is 3.18. The first-order valence-electron chi connectivity index (χ1n) is 5.97. The van der Waals surface area contributed by atoms with E-state index in [1.807, 2.05) is 0 Å². The lowest BCUT2D eigenvalue weighted by Gasteiger charge is -2.16. The molecule has 0 aromatic heterocycles. The second kappa shape index (κ2) is 6.07. The second-order valence-electron chi connectivity index (χ2n) is 4.59. The number of nitrogens with zero attached hydrogens (tertiary/aromatic N) is 1. The van der Waals surface area contributed by atoms with Gasteiger partial charge in [0.25, 0.3) is 5.91 Å². The Morgan fingerprint density at radius 2 is 1.95 bits per heavy atom. The van der Waals surface area contributed by atoms with Crippen LogP contribution >= 0.6 is 0 Å². The molecule has 0 aliphatic heterocycles. The average Bonchev–Trinajstić information content (AvgIpc) is 2.38. The third-order valence-electron chi connectivity index (χ3n) is 2.99. The van der Waals surface area contributed by atoms with Gasteiger partial charge < -0.3 is 5.32 Å². The van der Waals surface area contributed by atoms with E-state index in [0.717, 1.165) is 9.87 Å². The molecular weight excluding hydrogens is 276 g/mol. The molecule has 5 nitrogen and oxygen atoms in total. The van der Waals surface area contributed by atoms with Crippen LogP contribution in [-0.2, 0) is 10.0 Å². The van der Waals surface area contributed by atoms with Crippen LogP contribution in [-0.4, -0.2) is 39.3 Å². The molecule has 1 aromatic carbocycles. The van der Waals surface area contributed by atoms with Crippen molar-refractivity contribution in [2.24, 2.45) is 0 Å². The van der Waals surface area contributed by atoms with Crippen molar-refractivity contribution >= 4 is 15.9 Å². The lowest BCUT2D eigenvalue weighted by molar-refractivity contribution is 0.0958. The quantitative estimate of drug-likeness (QED) is 0.840. The standard InChI is InChI=1S/C14H18N2O3S/c1-6-7-15-14(17)12-8-10(2)11(3)13(9-12)20(18,19)16(4)5/h1,8-9H,7H2,2-5H3,(H,15,17). The normalized spacial score (nSPS) is 11.2. The Hall–Kier alpha value is -1.84. The van der Waals surface area contributed by atoms with Gasteiger partial charge in [-0.1, -0.05) is 5.92 Å². The van der Waals surface area contributed by atoms with Crippen LogP contribution < -0.4 is 5.32 Å². The molecule has 20 heavy (non-hydrogen) atoms. The second-order valence-corrected chi connectivity index (χ2v) is 6.71. The van der Waals surface area contributed by atoms with Crippen molar-refractivity contribution < 1.29 is 13.2 Å². The Morgan fingerprint density at radius 1 is 1.35 bits per heavy atom. The Labute approximate surface area is 120 Å². The first kappa shape index (κ1) is 16.2. The van der Waals surface area contributed by atoms with Gasteiger partial charge in [0, 0.05) is 19.7 Å². The molecule has 108 valence electrons. The van der Waals surface area contributed by atoms with Crippen molar-refractivity contribution in [2.45, 2.75) is 18.7 Å². The maximum absolute atomic E-state index is 12.3.